The fourth-order valence-corrected chi connectivity index (χ4v) is 4.12. The number of carbonyl (C=O) groups excluding carboxylic acids is 1. The maximum absolute atomic E-state index is 12.9. The lowest BCUT2D eigenvalue weighted by Crippen LogP contribution is -2.49. The smallest absolute Gasteiger partial charge is 0.254 e. The Morgan fingerprint density at radius 3 is 2.71 bits per heavy atom. The van der Waals surface area contributed by atoms with Crippen molar-refractivity contribution >= 4 is 11.6 Å². The molecule has 3 heteroatoms. The number of hydrogen-bond donors (Lipinski definition) is 1. The Morgan fingerprint density at radius 2 is 1.95 bits per heavy atom. The minimum atomic E-state index is 0.234. The zero-order chi connectivity index (χ0) is 14.8. The number of amides is 1. The number of benzene rings is 1. The summed E-state index contributed by atoms with van der Waals surface area (Å²) in [5.41, 5.74) is 3.08. The topological polar surface area (TPSA) is 32.3 Å². The van der Waals surface area contributed by atoms with Gasteiger partial charge in [-0.3, -0.25) is 4.79 Å². The Hall–Kier alpha value is -1.51. The van der Waals surface area contributed by atoms with Gasteiger partial charge in [-0.1, -0.05) is 12.8 Å². The predicted octanol–water partition coefficient (Wildman–Crippen LogP) is 3.83. The van der Waals surface area contributed by atoms with Crippen LogP contribution in [0.1, 0.15) is 54.4 Å². The van der Waals surface area contributed by atoms with Gasteiger partial charge in [-0.2, -0.15) is 0 Å². The van der Waals surface area contributed by atoms with Crippen molar-refractivity contribution < 1.29 is 4.79 Å². The van der Waals surface area contributed by atoms with Crippen molar-refractivity contribution in [2.75, 3.05) is 18.9 Å². The van der Waals surface area contributed by atoms with Gasteiger partial charge in [-0.05, 0) is 62.3 Å². The van der Waals surface area contributed by atoms with Crippen molar-refractivity contribution in [3.63, 3.8) is 0 Å². The molecule has 114 valence electrons. The van der Waals surface area contributed by atoms with Crippen LogP contribution in [0.4, 0.5) is 5.69 Å². The largest absolute Gasteiger partial charge is 0.388 e. The molecule has 1 aromatic carbocycles. The van der Waals surface area contributed by atoms with Crippen LogP contribution in [0.2, 0.25) is 0 Å². The molecule has 0 radical (unpaired) electrons. The number of carbonyl (C=O) groups is 1. The monoisotopic (exact) mass is 286 g/mol. The summed E-state index contributed by atoms with van der Waals surface area (Å²) in [5.74, 6) is 0.978. The molecule has 1 N–H and O–H groups in total. The van der Waals surface area contributed by atoms with E-state index in [0.29, 0.717) is 6.04 Å². The van der Waals surface area contributed by atoms with Gasteiger partial charge in [0.2, 0.25) is 0 Å². The minimum Gasteiger partial charge on any atom is -0.388 e. The molecule has 1 heterocycles. The molecule has 2 fully saturated rings. The number of nitrogens with zero attached hydrogens (tertiary/aromatic N) is 1. The highest BCUT2D eigenvalue weighted by Crippen LogP contribution is 2.36. The molecule has 1 saturated heterocycles. The Labute approximate surface area is 127 Å². The maximum atomic E-state index is 12.9. The van der Waals surface area contributed by atoms with Gasteiger partial charge in [-0.15, -0.1) is 0 Å². The van der Waals surface area contributed by atoms with Gasteiger partial charge >= 0.3 is 0 Å². The van der Waals surface area contributed by atoms with E-state index in [1.165, 1.54) is 38.5 Å². The third-order valence-electron chi connectivity index (χ3n) is 5.25. The lowest BCUT2D eigenvalue weighted by Gasteiger charge is -2.44. The normalized spacial score (nSPS) is 25.3. The third-order valence-corrected chi connectivity index (χ3v) is 5.25. The summed E-state index contributed by atoms with van der Waals surface area (Å²) in [6.45, 7) is 3.00. The van der Waals surface area contributed by atoms with Crippen LogP contribution in [0.3, 0.4) is 0 Å². The van der Waals surface area contributed by atoms with E-state index in [1.54, 1.807) is 0 Å². The van der Waals surface area contributed by atoms with Crippen molar-refractivity contribution in [3.8, 4) is 0 Å². The second-order valence-corrected chi connectivity index (χ2v) is 6.53. The van der Waals surface area contributed by atoms with E-state index >= 15 is 0 Å². The van der Waals surface area contributed by atoms with E-state index in [2.05, 4.69) is 17.1 Å². The number of rotatable bonds is 2. The second-order valence-electron chi connectivity index (χ2n) is 6.53. The zero-order valence-electron chi connectivity index (χ0n) is 13.2. The molecular formula is C18H26N2O. The summed E-state index contributed by atoms with van der Waals surface area (Å²) in [5, 5.41) is 3.16. The fraction of sp³-hybridized carbons (Fsp3) is 0.611. The number of likely N-dealkylation sites (tertiary alicyclic amines) is 1. The maximum Gasteiger partial charge on any atom is 0.254 e. The molecule has 0 unspecified atom stereocenters. The van der Waals surface area contributed by atoms with Crippen molar-refractivity contribution in [1.82, 2.24) is 4.90 Å². The highest BCUT2D eigenvalue weighted by atomic mass is 16.2. The summed E-state index contributed by atoms with van der Waals surface area (Å²) in [7, 11) is 1.92. The van der Waals surface area contributed by atoms with Gasteiger partial charge in [0.05, 0.1) is 0 Å². The molecule has 2 aliphatic rings. The molecule has 1 aliphatic carbocycles. The Balaban J connectivity index is 1.81. The molecule has 1 amide bonds. The van der Waals surface area contributed by atoms with Crippen molar-refractivity contribution in [2.45, 2.75) is 51.5 Å². The van der Waals surface area contributed by atoms with Crippen molar-refractivity contribution in [3.05, 3.63) is 29.3 Å². The average Bonchev–Trinajstić information content (AvgIpc) is 2.53. The van der Waals surface area contributed by atoms with E-state index in [1.807, 2.05) is 25.2 Å². The zero-order valence-corrected chi connectivity index (χ0v) is 13.2. The number of piperidine rings is 1. The molecule has 2 atom stereocenters. The highest BCUT2D eigenvalue weighted by molar-refractivity contribution is 5.95. The third kappa shape index (κ3) is 2.78. The van der Waals surface area contributed by atoms with Crippen LogP contribution in [-0.4, -0.2) is 30.4 Å². The summed E-state index contributed by atoms with van der Waals surface area (Å²) >= 11 is 0. The molecular weight excluding hydrogens is 260 g/mol. The molecule has 3 nitrogen and oxygen atoms in total. The first-order chi connectivity index (χ1) is 10.2. The first kappa shape index (κ1) is 14.4. The number of fused-ring (bicyclic) bond motifs is 1. The van der Waals surface area contributed by atoms with Gasteiger partial charge in [-0.25, -0.2) is 0 Å². The molecule has 1 aliphatic heterocycles. The van der Waals surface area contributed by atoms with Crippen molar-refractivity contribution in [1.29, 1.82) is 0 Å². The minimum absolute atomic E-state index is 0.234. The first-order valence-electron chi connectivity index (χ1n) is 8.30. The van der Waals surface area contributed by atoms with Crippen LogP contribution in [0.25, 0.3) is 0 Å². The van der Waals surface area contributed by atoms with Gasteiger partial charge in [0.1, 0.15) is 0 Å². The van der Waals surface area contributed by atoms with E-state index in [4.69, 9.17) is 0 Å². The second kappa shape index (κ2) is 6.08. The van der Waals surface area contributed by atoms with Crippen LogP contribution in [0.5, 0.6) is 0 Å². The van der Waals surface area contributed by atoms with Crippen LogP contribution in [0, 0.1) is 12.8 Å². The number of hydrogen-bond acceptors (Lipinski definition) is 2. The SMILES string of the molecule is CNc1ccc(C(=O)N2CCC[C@H]3CCCC[C@H]32)cc1C. The molecule has 3 rings (SSSR count). The Bertz CT molecular complexity index is 524. The number of anilines is 1. The Kier molecular flexibility index (Phi) is 4.18. The van der Waals surface area contributed by atoms with Gasteiger partial charge in [0.15, 0.2) is 0 Å². The molecule has 21 heavy (non-hydrogen) atoms. The standard InChI is InChI=1S/C18H26N2O/c1-13-12-15(9-10-16(13)19-2)18(21)20-11-5-7-14-6-3-4-8-17(14)20/h9-10,12,14,17,19H,3-8,11H2,1-2H3/t14-,17-/m1/s1. The molecule has 0 spiro atoms. The summed E-state index contributed by atoms with van der Waals surface area (Å²) < 4.78 is 0. The van der Waals surface area contributed by atoms with Crippen LogP contribution in [-0.2, 0) is 0 Å². The Morgan fingerprint density at radius 1 is 1.19 bits per heavy atom. The lowest BCUT2D eigenvalue weighted by atomic mass is 9.78. The highest BCUT2D eigenvalue weighted by Gasteiger charge is 2.35. The van der Waals surface area contributed by atoms with Crippen LogP contribution < -0.4 is 5.32 Å². The first-order valence-corrected chi connectivity index (χ1v) is 8.30. The van der Waals surface area contributed by atoms with Crippen LogP contribution in [0.15, 0.2) is 18.2 Å². The van der Waals surface area contributed by atoms with Crippen LogP contribution >= 0.6 is 0 Å². The predicted molar refractivity (Wildman–Crippen MR) is 86.7 cm³/mol. The average molecular weight is 286 g/mol. The fourth-order valence-electron chi connectivity index (χ4n) is 4.12. The summed E-state index contributed by atoms with van der Waals surface area (Å²) in [6, 6.07) is 6.50. The molecule has 0 bridgehead atoms. The molecule has 1 saturated carbocycles. The summed E-state index contributed by atoms with van der Waals surface area (Å²) in [6.07, 6.45) is 7.62. The van der Waals surface area contributed by atoms with E-state index in [-0.39, 0.29) is 5.91 Å². The summed E-state index contributed by atoms with van der Waals surface area (Å²) in [4.78, 5) is 15.1. The van der Waals surface area contributed by atoms with Gasteiger partial charge < -0.3 is 10.2 Å². The van der Waals surface area contributed by atoms with Gasteiger partial charge in [0.25, 0.3) is 5.91 Å². The molecule has 1 aromatic rings. The van der Waals surface area contributed by atoms with Crippen molar-refractivity contribution in [2.24, 2.45) is 5.92 Å². The molecule has 0 aromatic heterocycles. The van der Waals surface area contributed by atoms with Gasteiger partial charge in [0, 0.05) is 30.9 Å². The lowest BCUT2D eigenvalue weighted by molar-refractivity contribution is 0.0390. The quantitative estimate of drug-likeness (QED) is 0.896. The van der Waals surface area contributed by atoms with E-state index < -0.39 is 0 Å². The van der Waals surface area contributed by atoms with E-state index in [0.717, 1.165) is 29.3 Å². The number of nitrogens with one attached hydrogen (secondary N) is 1. The van der Waals surface area contributed by atoms with E-state index in [9.17, 15) is 4.79 Å². The number of aryl methyl sites for hydroxylation is 1.